The number of thioether (sulfide) groups is 1. The molecule has 26 heavy (non-hydrogen) atoms. The highest BCUT2D eigenvalue weighted by Gasteiger charge is 2.21. The van der Waals surface area contributed by atoms with Crippen molar-refractivity contribution in [2.24, 2.45) is 0 Å². The van der Waals surface area contributed by atoms with Crippen molar-refractivity contribution >= 4 is 39.3 Å². The topological polar surface area (TPSA) is 72.0 Å². The van der Waals surface area contributed by atoms with Gasteiger partial charge in [0.2, 0.25) is 0 Å². The van der Waals surface area contributed by atoms with E-state index in [9.17, 15) is 9.59 Å². The first kappa shape index (κ1) is 17.3. The van der Waals surface area contributed by atoms with Gasteiger partial charge >= 0.3 is 5.97 Å². The van der Waals surface area contributed by atoms with E-state index < -0.39 is 0 Å². The molecular weight excluding hydrogens is 368 g/mol. The molecule has 0 spiro atoms. The van der Waals surface area contributed by atoms with Gasteiger partial charge in [-0.3, -0.25) is 9.59 Å². The van der Waals surface area contributed by atoms with E-state index in [2.05, 4.69) is 9.97 Å². The first-order chi connectivity index (χ1) is 12.6. The summed E-state index contributed by atoms with van der Waals surface area (Å²) in [7, 11) is 0. The fourth-order valence-corrected chi connectivity index (χ4v) is 5.12. The molecule has 3 aromatic rings. The van der Waals surface area contributed by atoms with Crippen LogP contribution in [0.15, 0.2) is 29.1 Å². The van der Waals surface area contributed by atoms with Crippen molar-refractivity contribution in [2.75, 3.05) is 5.75 Å². The number of fused-ring (bicyclic) bond motifs is 3. The Morgan fingerprint density at radius 1 is 1.38 bits per heavy atom. The van der Waals surface area contributed by atoms with E-state index in [4.69, 9.17) is 4.74 Å². The van der Waals surface area contributed by atoms with Crippen LogP contribution < -0.4 is 10.3 Å². The summed E-state index contributed by atoms with van der Waals surface area (Å²) in [5, 5.41) is 0.759. The minimum Gasteiger partial charge on any atom is -0.426 e. The van der Waals surface area contributed by atoms with Crippen molar-refractivity contribution in [3.8, 4) is 5.75 Å². The number of nitrogens with one attached hydrogen (secondary N) is 1. The smallest absolute Gasteiger partial charge is 0.321 e. The third-order valence-electron chi connectivity index (χ3n) is 4.30. The number of benzene rings is 1. The molecule has 0 amide bonds. The molecule has 0 saturated carbocycles. The third kappa shape index (κ3) is 3.54. The van der Waals surface area contributed by atoms with Crippen LogP contribution in [0.4, 0.5) is 0 Å². The summed E-state index contributed by atoms with van der Waals surface area (Å²) in [6.07, 6.45) is 3.14. The van der Waals surface area contributed by atoms with Gasteiger partial charge in [0, 0.05) is 4.88 Å². The fourth-order valence-electron chi connectivity index (χ4n) is 3.19. The summed E-state index contributed by atoms with van der Waals surface area (Å²) >= 11 is 3.01. The average molecular weight is 386 g/mol. The Morgan fingerprint density at radius 2 is 2.27 bits per heavy atom. The molecule has 1 aromatic carbocycles. The molecule has 0 radical (unpaired) electrons. The molecule has 2 aromatic heterocycles. The normalized spacial score (nSPS) is 13.1. The van der Waals surface area contributed by atoms with Crippen molar-refractivity contribution < 1.29 is 9.53 Å². The predicted molar refractivity (Wildman–Crippen MR) is 105 cm³/mol. The Balaban J connectivity index is 1.39. The largest absolute Gasteiger partial charge is 0.426 e. The second-order valence-corrected chi connectivity index (χ2v) is 8.40. The molecule has 0 bridgehead atoms. The number of rotatable bonds is 5. The monoisotopic (exact) mass is 386 g/mol. The molecule has 0 saturated heterocycles. The SMILES string of the molecule is Cc1cccc(OC(=O)CSCc2nc3sc4c(c3c(=O)[nH]2)CCC4)c1. The number of hydrogen-bond acceptors (Lipinski definition) is 6. The van der Waals surface area contributed by atoms with Crippen molar-refractivity contribution in [3.05, 3.63) is 56.4 Å². The fraction of sp³-hybridized carbons (Fsp3) is 0.316. The third-order valence-corrected chi connectivity index (χ3v) is 6.41. The molecule has 0 aliphatic heterocycles. The molecule has 4 rings (SSSR count). The summed E-state index contributed by atoms with van der Waals surface area (Å²) in [6, 6.07) is 7.39. The second kappa shape index (κ2) is 7.25. The van der Waals surface area contributed by atoms with E-state index in [-0.39, 0.29) is 17.3 Å². The molecule has 2 heterocycles. The summed E-state index contributed by atoms with van der Waals surface area (Å²) in [5.41, 5.74) is 2.16. The Kier molecular flexibility index (Phi) is 4.82. The number of H-pyrrole nitrogens is 1. The van der Waals surface area contributed by atoms with Crippen molar-refractivity contribution in [3.63, 3.8) is 0 Å². The van der Waals surface area contributed by atoms with E-state index in [1.165, 1.54) is 22.2 Å². The lowest BCUT2D eigenvalue weighted by molar-refractivity contribution is -0.131. The zero-order valence-electron chi connectivity index (χ0n) is 14.3. The van der Waals surface area contributed by atoms with Gasteiger partial charge in [0.15, 0.2) is 0 Å². The van der Waals surface area contributed by atoms with Crippen LogP contribution in [-0.4, -0.2) is 21.7 Å². The highest BCUT2D eigenvalue weighted by Crippen LogP contribution is 2.34. The van der Waals surface area contributed by atoms with Gasteiger partial charge in [0.25, 0.3) is 5.56 Å². The lowest BCUT2D eigenvalue weighted by Crippen LogP contribution is -2.13. The summed E-state index contributed by atoms with van der Waals surface area (Å²) in [5.74, 6) is 1.53. The average Bonchev–Trinajstić information content (AvgIpc) is 3.15. The molecule has 0 atom stereocenters. The second-order valence-electron chi connectivity index (χ2n) is 6.33. The molecule has 1 aliphatic rings. The number of ether oxygens (including phenoxy) is 1. The Morgan fingerprint density at radius 3 is 3.12 bits per heavy atom. The van der Waals surface area contributed by atoms with Crippen LogP contribution in [0.25, 0.3) is 10.2 Å². The molecule has 7 heteroatoms. The van der Waals surface area contributed by atoms with E-state index in [1.54, 1.807) is 17.4 Å². The lowest BCUT2D eigenvalue weighted by atomic mass is 10.2. The maximum Gasteiger partial charge on any atom is 0.321 e. The van der Waals surface area contributed by atoms with Crippen LogP contribution in [-0.2, 0) is 23.4 Å². The number of carbonyl (C=O) groups is 1. The van der Waals surface area contributed by atoms with Gasteiger partial charge in [0.05, 0.1) is 16.9 Å². The maximum atomic E-state index is 12.4. The number of carbonyl (C=O) groups excluding carboxylic acids is 1. The van der Waals surface area contributed by atoms with Crippen LogP contribution in [0.5, 0.6) is 5.75 Å². The Hall–Kier alpha value is -2.12. The van der Waals surface area contributed by atoms with Crippen molar-refractivity contribution in [1.82, 2.24) is 9.97 Å². The van der Waals surface area contributed by atoms with Gasteiger partial charge < -0.3 is 9.72 Å². The van der Waals surface area contributed by atoms with Crippen LogP contribution in [0, 0.1) is 6.92 Å². The van der Waals surface area contributed by atoms with Crippen LogP contribution >= 0.6 is 23.1 Å². The number of aromatic nitrogens is 2. The molecule has 1 N–H and O–H groups in total. The Labute approximate surface area is 158 Å². The number of hydrogen-bond donors (Lipinski definition) is 1. The zero-order chi connectivity index (χ0) is 18.1. The maximum absolute atomic E-state index is 12.4. The standard InChI is InChI=1S/C19H18N2O3S2/c1-11-4-2-5-12(8-11)24-16(22)10-25-9-15-20-18(23)17-13-6-3-7-14(13)26-19(17)21-15/h2,4-5,8H,3,6-7,9-10H2,1H3,(H,20,21,23). The molecular formula is C19H18N2O3S2. The molecule has 0 fully saturated rings. The van der Waals surface area contributed by atoms with Crippen molar-refractivity contribution in [2.45, 2.75) is 31.9 Å². The van der Waals surface area contributed by atoms with Crippen LogP contribution in [0.1, 0.15) is 28.2 Å². The molecule has 5 nitrogen and oxygen atoms in total. The first-order valence-electron chi connectivity index (χ1n) is 8.48. The number of thiophene rings is 1. The van der Waals surface area contributed by atoms with E-state index in [0.717, 1.165) is 35.0 Å². The minimum atomic E-state index is -0.306. The zero-order valence-corrected chi connectivity index (χ0v) is 16.0. The quantitative estimate of drug-likeness (QED) is 0.536. The van der Waals surface area contributed by atoms with Crippen LogP contribution in [0.2, 0.25) is 0 Å². The van der Waals surface area contributed by atoms with Gasteiger partial charge in [0.1, 0.15) is 16.4 Å². The number of aryl methyl sites for hydroxylation is 3. The number of esters is 1. The van der Waals surface area contributed by atoms with Gasteiger partial charge in [-0.15, -0.1) is 23.1 Å². The van der Waals surface area contributed by atoms with Crippen LogP contribution in [0.3, 0.4) is 0 Å². The minimum absolute atomic E-state index is 0.0627. The van der Waals surface area contributed by atoms with E-state index in [0.29, 0.717) is 17.3 Å². The summed E-state index contributed by atoms with van der Waals surface area (Å²) in [4.78, 5) is 33.9. The Bertz CT molecular complexity index is 1040. The summed E-state index contributed by atoms with van der Waals surface area (Å²) in [6.45, 7) is 1.95. The van der Waals surface area contributed by atoms with Crippen molar-refractivity contribution in [1.29, 1.82) is 0 Å². The van der Waals surface area contributed by atoms with E-state index in [1.807, 2.05) is 25.1 Å². The van der Waals surface area contributed by atoms with Gasteiger partial charge in [-0.05, 0) is 49.4 Å². The highest BCUT2D eigenvalue weighted by atomic mass is 32.2. The first-order valence-corrected chi connectivity index (χ1v) is 10.5. The van der Waals surface area contributed by atoms with Gasteiger partial charge in [-0.25, -0.2) is 4.98 Å². The number of aromatic amines is 1. The molecule has 0 unspecified atom stereocenters. The number of nitrogens with zero attached hydrogens (tertiary/aromatic N) is 1. The molecule has 134 valence electrons. The van der Waals surface area contributed by atoms with Gasteiger partial charge in [-0.1, -0.05) is 12.1 Å². The molecule has 1 aliphatic carbocycles. The lowest BCUT2D eigenvalue weighted by Gasteiger charge is -2.05. The predicted octanol–water partition coefficient (Wildman–Crippen LogP) is 3.62. The van der Waals surface area contributed by atoms with Gasteiger partial charge in [-0.2, -0.15) is 0 Å². The summed E-state index contributed by atoms with van der Waals surface area (Å²) < 4.78 is 5.32. The highest BCUT2D eigenvalue weighted by molar-refractivity contribution is 7.99. The van der Waals surface area contributed by atoms with E-state index >= 15 is 0 Å².